The lowest BCUT2D eigenvalue weighted by Gasteiger charge is -2.25. The number of benzene rings is 2. The summed E-state index contributed by atoms with van der Waals surface area (Å²) in [5.74, 6) is 11.0. The Morgan fingerprint density at radius 2 is 1.92 bits per heavy atom. The van der Waals surface area contributed by atoms with Gasteiger partial charge in [-0.15, -0.1) is 0 Å². The fourth-order valence-corrected chi connectivity index (χ4v) is 5.13. The van der Waals surface area contributed by atoms with Gasteiger partial charge >= 0.3 is 0 Å². The largest absolute Gasteiger partial charge is 0.471 e. The number of nitrogens with one attached hydrogen (secondary N) is 3. The first-order valence-electron chi connectivity index (χ1n) is 15.6. The van der Waals surface area contributed by atoms with Crippen LogP contribution in [0.3, 0.4) is 0 Å². The van der Waals surface area contributed by atoms with Gasteiger partial charge in [-0.25, -0.2) is 5.84 Å². The summed E-state index contributed by atoms with van der Waals surface area (Å²) in [7, 11) is 3.22. The van der Waals surface area contributed by atoms with E-state index in [0.29, 0.717) is 22.7 Å². The van der Waals surface area contributed by atoms with E-state index in [1.54, 1.807) is 29.2 Å². The standard InChI is InChI=1S/C28H33ClN8O.C4H7NO.C2H4O2/c1-32-23-8-9-24-20-13-21(17-33-16-20)25(5-3-2-4-12-34-26(24)15-23)36-28(38)11-6-19-14-22(29)7-10-27(19)37(31)18-35-30;6-4-5-2-1-3-5;1-4-2-3/h6-11,13-18,25,32,34H,2-5,12,30-31H2,1H3,(H,36,38);4H,1-3H2;2H,1H3/b11-6+,35-18-;;/t25-;;/m0../s1. The number of hydrazine groups is 1. The maximum Gasteiger partial charge on any atom is 0.292 e. The Bertz CT molecular complexity index is 1550. The van der Waals surface area contributed by atoms with Crippen LogP contribution in [0.15, 0.2) is 66.0 Å². The van der Waals surface area contributed by atoms with Crippen LogP contribution < -0.4 is 32.6 Å². The van der Waals surface area contributed by atoms with Gasteiger partial charge < -0.3 is 31.4 Å². The van der Waals surface area contributed by atoms with Crippen LogP contribution in [0.1, 0.15) is 49.3 Å². The second kappa shape index (κ2) is 20.2. The average molecular weight is 678 g/mol. The van der Waals surface area contributed by atoms with E-state index in [-0.39, 0.29) is 11.9 Å². The Kier molecular flexibility index (Phi) is 15.7. The second-order valence-electron chi connectivity index (χ2n) is 10.9. The summed E-state index contributed by atoms with van der Waals surface area (Å²) < 4.78 is 3.86. The Hall–Kier alpha value is -5.14. The van der Waals surface area contributed by atoms with E-state index in [9.17, 15) is 9.59 Å². The van der Waals surface area contributed by atoms with E-state index in [4.69, 9.17) is 28.1 Å². The summed E-state index contributed by atoms with van der Waals surface area (Å²) in [6, 6.07) is 13.3. The van der Waals surface area contributed by atoms with Gasteiger partial charge in [0.1, 0.15) is 6.34 Å². The van der Waals surface area contributed by atoms with Crippen LogP contribution in [-0.4, -0.2) is 68.8 Å². The molecule has 256 valence electrons. The van der Waals surface area contributed by atoms with Gasteiger partial charge in [-0.3, -0.25) is 24.4 Å². The number of rotatable bonds is 8. The first-order chi connectivity index (χ1) is 23.3. The van der Waals surface area contributed by atoms with Gasteiger partial charge in [-0.2, -0.15) is 5.10 Å². The van der Waals surface area contributed by atoms with Crippen LogP contribution in [-0.2, 0) is 19.1 Å². The molecular formula is C34H44ClN9O4. The maximum absolute atomic E-state index is 13.1. The van der Waals surface area contributed by atoms with E-state index >= 15 is 0 Å². The predicted molar refractivity (Wildman–Crippen MR) is 192 cm³/mol. The molecule has 0 radical (unpaired) electrons. The van der Waals surface area contributed by atoms with Crippen LogP contribution in [0.4, 0.5) is 17.1 Å². The Labute approximate surface area is 286 Å². The number of hydrazone groups is 1. The van der Waals surface area contributed by atoms with Gasteiger partial charge in [0.05, 0.1) is 18.8 Å². The topological polar surface area (TPSA) is 180 Å². The quantitative estimate of drug-likeness (QED) is 0.0568. The van der Waals surface area contributed by atoms with Gasteiger partial charge in [0, 0.05) is 78.2 Å². The third kappa shape index (κ3) is 11.6. The number of halogens is 1. The van der Waals surface area contributed by atoms with E-state index in [1.807, 2.05) is 19.4 Å². The SMILES string of the molecule is CNc1ccc2c(c1)NCCCCC[C@H](NC(=O)/C=C/c1cc(Cl)ccc1N(N)/C=N\N)c1cncc-2c1.COC=O.O=CN1CCC1. The average Bonchev–Trinajstić information content (AvgIpc) is 3.07. The minimum absolute atomic E-state index is 0.179. The highest BCUT2D eigenvalue weighted by Crippen LogP contribution is 2.33. The molecule has 2 aliphatic rings. The minimum Gasteiger partial charge on any atom is -0.471 e. The molecule has 0 aliphatic carbocycles. The van der Waals surface area contributed by atoms with Crippen molar-refractivity contribution in [3.63, 3.8) is 0 Å². The Morgan fingerprint density at radius 3 is 2.56 bits per heavy atom. The molecule has 5 rings (SSSR count). The molecule has 2 bridgehead atoms. The smallest absolute Gasteiger partial charge is 0.292 e. The number of methoxy groups -OCH3 is 1. The van der Waals surface area contributed by atoms with Crippen LogP contribution in [0.25, 0.3) is 17.2 Å². The third-order valence-electron chi connectivity index (χ3n) is 7.59. The van der Waals surface area contributed by atoms with Crippen molar-refractivity contribution in [3.05, 3.63) is 77.1 Å². The van der Waals surface area contributed by atoms with Crippen molar-refractivity contribution in [1.82, 2.24) is 15.2 Å². The number of likely N-dealkylation sites (tertiary alicyclic amines) is 1. The van der Waals surface area contributed by atoms with Gasteiger partial charge in [0.25, 0.3) is 6.47 Å². The number of nitrogens with zero attached hydrogens (tertiary/aromatic N) is 4. The highest BCUT2D eigenvalue weighted by molar-refractivity contribution is 6.30. The summed E-state index contributed by atoms with van der Waals surface area (Å²) in [6.45, 7) is 3.20. The van der Waals surface area contributed by atoms with Crippen molar-refractivity contribution in [3.8, 4) is 11.1 Å². The molecule has 48 heavy (non-hydrogen) atoms. The molecule has 2 aliphatic heterocycles. The van der Waals surface area contributed by atoms with Crippen LogP contribution in [0.2, 0.25) is 5.02 Å². The van der Waals surface area contributed by atoms with E-state index in [1.165, 1.54) is 31.0 Å². The molecule has 2 aromatic carbocycles. The van der Waals surface area contributed by atoms with Crippen molar-refractivity contribution in [2.75, 3.05) is 49.4 Å². The van der Waals surface area contributed by atoms with Crippen molar-refractivity contribution in [2.45, 2.75) is 38.1 Å². The van der Waals surface area contributed by atoms with Crippen molar-refractivity contribution in [2.24, 2.45) is 16.8 Å². The number of anilines is 3. The number of ether oxygens (including phenoxy) is 1. The zero-order chi connectivity index (χ0) is 34.7. The number of carbonyl (C=O) groups excluding carboxylic acids is 3. The van der Waals surface area contributed by atoms with Gasteiger partial charge in [-0.1, -0.05) is 30.5 Å². The van der Waals surface area contributed by atoms with Gasteiger partial charge in [0.2, 0.25) is 12.3 Å². The maximum atomic E-state index is 13.1. The Balaban J connectivity index is 0.000000539. The van der Waals surface area contributed by atoms with Crippen LogP contribution >= 0.6 is 11.6 Å². The molecular weight excluding hydrogens is 634 g/mol. The third-order valence-corrected chi connectivity index (χ3v) is 7.83. The summed E-state index contributed by atoms with van der Waals surface area (Å²) >= 11 is 6.18. The number of nitrogens with two attached hydrogens (primary N) is 2. The highest BCUT2D eigenvalue weighted by Gasteiger charge is 2.17. The van der Waals surface area contributed by atoms with Gasteiger partial charge in [-0.05, 0) is 67.3 Å². The number of amides is 2. The summed E-state index contributed by atoms with van der Waals surface area (Å²) in [5, 5.41) is 15.2. The number of hydrogen-bond donors (Lipinski definition) is 5. The molecule has 1 fully saturated rings. The summed E-state index contributed by atoms with van der Waals surface area (Å²) in [6.07, 6.45) is 14.1. The molecule has 0 unspecified atom stereocenters. The molecule has 0 spiro atoms. The lowest BCUT2D eigenvalue weighted by molar-refractivity contribution is -0.126. The van der Waals surface area contributed by atoms with Crippen LogP contribution in [0, 0.1) is 0 Å². The summed E-state index contributed by atoms with van der Waals surface area (Å²) in [5.41, 5.74) is 6.39. The number of pyridine rings is 1. The van der Waals surface area contributed by atoms with E-state index in [2.05, 4.69) is 55.0 Å². The lowest BCUT2D eigenvalue weighted by Crippen LogP contribution is -2.35. The molecule has 14 heteroatoms. The predicted octanol–water partition coefficient (Wildman–Crippen LogP) is 4.52. The molecule has 13 nitrogen and oxygen atoms in total. The second-order valence-corrected chi connectivity index (χ2v) is 11.3. The minimum atomic E-state index is -0.227. The van der Waals surface area contributed by atoms with Crippen molar-refractivity contribution in [1.29, 1.82) is 0 Å². The van der Waals surface area contributed by atoms with Crippen molar-refractivity contribution < 1.29 is 19.1 Å². The molecule has 0 saturated carbocycles. The first kappa shape index (κ1) is 37.3. The van der Waals surface area contributed by atoms with Crippen molar-refractivity contribution >= 4 is 59.9 Å². The zero-order valence-electron chi connectivity index (χ0n) is 27.3. The molecule has 7 N–H and O–H groups in total. The molecule has 3 aromatic rings. The summed E-state index contributed by atoms with van der Waals surface area (Å²) in [4.78, 5) is 38.0. The van der Waals surface area contributed by atoms with E-state index < -0.39 is 0 Å². The van der Waals surface area contributed by atoms with Crippen LogP contribution in [0.5, 0.6) is 0 Å². The highest BCUT2D eigenvalue weighted by atomic mass is 35.5. The molecule has 1 saturated heterocycles. The normalized spacial score (nSPS) is 15.3. The number of fused-ring (bicyclic) bond motifs is 4. The fourth-order valence-electron chi connectivity index (χ4n) is 4.95. The molecule has 1 atom stereocenters. The number of carbonyl (C=O) groups is 3. The monoisotopic (exact) mass is 677 g/mol. The Morgan fingerprint density at radius 1 is 1.12 bits per heavy atom. The number of hydrogen-bond acceptors (Lipinski definition) is 10. The molecule has 2 amide bonds. The molecule has 3 heterocycles. The fraction of sp³-hybridized carbons (Fsp3) is 0.324. The molecule has 1 aromatic heterocycles. The zero-order valence-corrected chi connectivity index (χ0v) is 28.0. The lowest BCUT2D eigenvalue weighted by atomic mass is 9.96. The van der Waals surface area contributed by atoms with Gasteiger partial charge in [0.15, 0.2) is 0 Å². The van der Waals surface area contributed by atoms with E-state index in [0.717, 1.165) is 79.8 Å². The first-order valence-corrected chi connectivity index (χ1v) is 15.9. The number of aromatic nitrogens is 1.